The minimum absolute atomic E-state index is 0.115. The average Bonchev–Trinajstić information content (AvgIpc) is 2.32. The fourth-order valence-corrected chi connectivity index (χ4v) is 2.68. The zero-order valence-corrected chi connectivity index (χ0v) is 10.7. The Morgan fingerprint density at radius 3 is 2.53 bits per heavy atom. The van der Waals surface area contributed by atoms with Crippen molar-refractivity contribution >= 4 is 5.91 Å². The van der Waals surface area contributed by atoms with E-state index in [-0.39, 0.29) is 11.9 Å². The summed E-state index contributed by atoms with van der Waals surface area (Å²) in [4.78, 5) is 14.0. The Hall–Kier alpha value is -0.610. The van der Waals surface area contributed by atoms with Crippen LogP contribution in [0.3, 0.4) is 0 Å². The van der Waals surface area contributed by atoms with Crippen molar-refractivity contribution in [3.63, 3.8) is 0 Å². The van der Waals surface area contributed by atoms with Crippen LogP contribution in [-0.4, -0.2) is 43.7 Å². The molecule has 4 heteroatoms. The maximum absolute atomic E-state index is 12.2. The van der Waals surface area contributed by atoms with Gasteiger partial charge >= 0.3 is 0 Å². The number of nitrogens with zero attached hydrogens (tertiary/aromatic N) is 1. The molecular weight excluding hydrogens is 216 g/mol. The molecule has 2 N–H and O–H groups in total. The minimum Gasteiger partial charge on any atom is -0.381 e. The highest BCUT2D eigenvalue weighted by atomic mass is 16.5. The van der Waals surface area contributed by atoms with Crippen LogP contribution >= 0.6 is 0 Å². The number of likely N-dealkylation sites (N-methyl/N-ethyl adjacent to an activating group) is 1. The topological polar surface area (TPSA) is 55.6 Å². The number of hydrogen-bond acceptors (Lipinski definition) is 3. The first-order valence-corrected chi connectivity index (χ1v) is 6.77. The van der Waals surface area contributed by atoms with Crippen molar-refractivity contribution in [1.29, 1.82) is 0 Å². The van der Waals surface area contributed by atoms with Crippen molar-refractivity contribution in [2.45, 2.75) is 38.1 Å². The van der Waals surface area contributed by atoms with Crippen LogP contribution in [0.5, 0.6) is 0 Å². The van der Waals surface area contributed by atoms with Crippen LogP contribution < -0.4 is 5.73 Å². The molecule has 1 aliphatic carbocycles. The molecule has 0 aromatic heterocycles. The lowest BCUT2D eigenvalue weighted by molar-refractivity contribution is -0.134. The second kappa shape index (κ2) is 5.83. The molecule has 98 valence electrons. The predicted octanol–water partition coefficient (Wildman–Crippen LogP) is 0.999. The van der Waals surface area contributed by atoms with Gasteiger partial charge in [0.15, 0.2) is 0 Å². The molecule has 0 spiro atoms. The van der Waals surface area contributed by atoms with Gasteiger partial charge in [-0.1, -0.05) is 6.42 Å². The molecule has 4 nitrogen and oxygen atoms in total. The van der Waals surface area contributed by atoms with Gasteiger partial charge in [0.2, 0.25) is 5.91 Å². The highest BCUT2D eigenvalue weighted by Gasteiger charge is 2.30. The van der Waals surface area contributed by atoms with Crippen LogP contribution in [0.15, 0.2) is 0 Å². The van der Waals surface area contributed by atoms with Crippen LogP contribution in [-0.2, 0) is 9.53 Å². The Bertz CT molecular complexity index is 260. The standard InChI is InChI=1S/C13H24N2O2/c1-15(9-10-3-2-4-10)13(16)12(14)11-5-7-17-8-6-11/h10-12H,2-9,14H2,1H3. The van der Waals surface area contributed by atoms with Crippen LogP contribution in [0.2, 0.25) is 0 Å². The first kappa shape index (κ1) is 12.8. The van der Waals surface area contributed by atoms with Crippen LogP contribution in [0, 0.1) is 11.8 Å². The number of nitrogens with two attached hydrogens (primary N) is 1. The van der Waals surface area contributed by atoms with Gasteiger partial charge in [-0.05, 0) is 37.5 Å². The summed E-state index contributed by atoms with van der Waals surface area (Å²) in [5.74, 6) is 1.13. The van der Waals surface area contributed by atoms with E-state index in [4.69, 9.17) is 10.5 Å². The number of hydrogen-bond donors (Lipinski definition) is 1. The SMILES string of the molecule is CN(CC1CCC1)C(=O)C(N)C1CCOCC1. The molecule has 2 aliphatic rings. The second-order valence-electron chi connectivity index (χ2n) is 5.49. The summed E-state index contributed by atoms with van der Waals surface area (Å²) >= 11 is 0. The summed E-state index contributed by atoms with van der Waals surface area (Å²) in [5.41, 5.74) is 6.08. The first-order chi connectivity index (χ1) is 8.18. The van der Waals surface area contributed by atoms with Gasteiger partial charge in [0.05, 0.1) is 6.04 Å². The van der Waals surface area contributed by atoms with E-state index in [0.29, 0.717) is 11.8 Å². The predicted molar refractivity (Wildman–Crippen MR) is 66.5 cm³/mol. The molecule has 1 aliphatic heterocycles. The molecule has 0 aromatic carbocycles. The Labute approximate surface area is 103 Å². The molecule has 0 aromatic rings. The molecule has 1 saturated heterocycles. The second-order valence-corrected chi connectivity index (χ2v) is 5.49. The third-order valence-corrected chi connectivity index (χ3v) is 4.19. The number of carbonyl (C=O) groups excluding carboxylic acids is 1. The van der Waals surface area contributed by atoms with Crippen LogP contribution in [0.25, 0.3) is 0 Å². The molecular formula is C13H24N2O2. The van der Waals surface area contributed by atoms with Gasteiger partial charge in [-0.25, -0.2) is 0 Å². The maximum atomic E-state index is 12.2. The van der Waals surface area contributed by atoms with Crippen molar-refractivity contribution in [1.82, 2.24) is 4.90 Å². The van der Waals surface area contributed by atoms with Gasteiger partial charge in [0.1, 0.15) is 0 Å². The summed E-state index contributed by atoms with van der Waals surface area (Å²) in [6.45, 7) is 2.38. The van der Waals surface area contributed by atoms with Crippen molar-refractivity contribution in [3.8, 4) is 0 Å². The minimum atomic E-state index is -0.330. The van der Waals surface area contributed by atoms with Crippen molar-refractivity contribution in [3.05, 3.63) is 0 Å². The van der Waals surface area contributed by atoms with Gasteiger partial charge in [-0.15, -0.1) is 0 Å². The Morgan fingerprint density at radius 1 is 1.35 bits per heavy atom. The van der Waals surface area contributed by atoms with E-state index in [9.17, 15) is 4.79 Å². The monoisotopic (exact) mass is 240 g/mol. The molecule has 0 bridgehead atoms. The number of carbonyl (C=O) groups is 1. The molecule has 1 unspecified atom stereocenters. The molecule has 2 rings (SSSR count). The summed E-state index contributed by atoms with van der Waals surface area (Å²) in [5, 5.41) is 0. The molecule has 1 heterocycles. The van der Waals surface area contributed by atoms with E-state index in [1.807, 2.05) is 11.9 Å². The van der Waals surface area contributed by atoms with E-state index in [1.165, 1.54) is 19.3 Å². The molecule has 1 atom stereocenters. The van der Waals surface area contributed by atoms with E-state index in [0.717, 1.165) is 32.6 Å². The molecule has 17 heavy (non-hydrogen) atoms. The summed E-state index contributed by atoms with van der Waals surface area (Å²) in [6, 6.07) is -0.330. The fourth-order valence-electron chi connectivity index (χ4n) is 2.68. The Balaban J connectivity index is 1.79. The lowest BCUT2D eigenvalue weighted by atomic mass is 9.84. The van der Waals surface area contributed by atoms with E-state index in [2.05, 4.69) is 0 Å². The van der Waals surface area contributed by atoms with Gasteiger partial charge in [-0.3, -0.25) is 4.79 Å². The largest absolute Gasteiger partial charge is 0.381 e. The van der Waals surface area contributed by atoms with Crippen molar-refractivity contribution in [2.24, 2.45) is 17.6 Å². The maximum Gasteiger partial charge on any atom is 0.239 e. The summed E-state index contributed by atoms with van der Waals surface area (Å²) in [7, 11) is 1.89. The van der Waals surface area contributed by atoms with Gasteiger partial charge in [-0.2, -0.15) is 0 Å². The number of rotatable bonds is 4. The van der Waals surface area contributed by atoms with E-state index in [1.54, 1.807) is 0 Å². The van der Waals surface area contributed by atoms with Gasteiger partial charge in [0.25, 0.3) is 0 Å². The molecule has 1 amide bonds. The van der Waals surface area contributed by atoms with E-state index < -0.39 is 0 Å². The van der Waals surface area contributed by atoms with Crippen LogP contribution in [0.1, 0.15) is 32.1 Å². The highest BCUT2D eigenvalue weighted by Crippen LogP contribution is 2.27. The van der Waals surface area contributed by atoms with Gasteiger partial charge < -0.3 is 15.4 Å². The number of ether oxygens (including phenoxy) is 1. The Morgan fingerprint density at radius 2 is 2.00 bits per heavy atom. The zero-order valence-electron chi connectivity index (χ0n) is 10.7. The highest BCUT2D eigenvalue weighted by molar-refractivity contribution is 5.81. The third-order valence-electron chi connectivity index (χ3n) is 4.19. The zero-order chi connectivity index (χ0) is 12.3. The number of amides is 1. The lowest BCUT2D eigenvalue weighted by Crippen LogP contribution is -2.49. The quantitative estimate of drug-likeness (QED) is 0.797. The average molecular weight is 240 g/mol. The normalized spacial score (nSPS) is 24.1. The van der Waals surface area contributed by atoms with Crippen LogP contribution in [0.4, 0.5) is 0 Å². The summed E-state index contributed by atoms with van der Waals surface area (Å²) in [6.07, 6.45) is 5.70. The van der Waals surface area contributed by atoms with E-state index >= 15 is 0 Å². The lowest BCUT2D eigenvalue weighted by Gasteiger charge is -2.34. The fraction of sp³-hybridized carbons (Fsp3) is 0.923. The Kier molecular flexibility index (Phi) is 4.40. The third kappa shape index (κ3) is 3.19. The van der Waals surface area contributed by atoms with Crippen molar-refractivity contribution < 1.29 is 9.53 Å². The molecule has 0 radical (unpaired) electrons. The molecule has 1 saturated carbocycles. The first-order valence-electron chi connectivity index (χ1n) is 6.77. The van der Waals surface area contributed by atoms with Gasteiger partial charge in [0, 0.05) is 26.8 Å². The smallest absolute Gasteiger partial charge is 0.239 e. The molecule has 2 fully saturated rings. The van der Waals surface area contributed by atoms with Crippen molar-refractivity contribution in [2.75, 3.05) is 26.8 Å². The summed E-state index contributed by atoms with van der Waals surface area (Å²) < 4.78 is 5.30.